The van der Waals surface area contributed by atoms with Gasteiger partial charge in [-0.25, -0.2) is 0 Å². The standard InChI is InChI=1S/C18H20N2O4/c1-12(6-9-17(21)22)20-18(23)13-7-8-16(24-2)14(11-13)15-5-3-4-10-19-15/h3-5,7-8,10-12H,6,9H2,1-2H3,(H,20,23)(H,21,22). The molecule has 1 heterocycles. The minimum absolute atomic E-state index is 0.0171. The molecule has 6 heteroatoms. The van der Waals surface area contributed by atoms with E-state index in [1.54, 1.807) is 38.4 Å². The zero-order valence-corrected chi connectivity index (χ0v) is 13.7. The smallest absolute Gasteiger partial charge is 0.303 e. The Bertz CT molecular complexity index is 716. The lowest BCUT2D eigenvalue weighted by molar-refractivity contribution is -0.137. The van der Waals surface area contributed by atoms with Crippen LogP contribution in [0.2, 0.25) is 0 Å². The number of rotatable bonds is 7. The van der Waals surface area contributed by atoms with Gasteiger partial charge in [-0.15, -0.1) is 0 Å². The van der Waals surface area contributed by atoms with Gasteiger partial charge in [-0.1, -0.05) is 6.07 Å². The van der Waals surface area contributed by atoms with E-state index in [1.807, 2.05) is 18.2 Å². The summed E-state index contributed by atoms with van der Waals surface area (Å²) in [5.74, 6) is -0.505. The number of nitrogens with zero attached hydrogens (tertiary/aromatic N) is 1. The number of ether oxygens (including phenoxy) is 1. The molecule has 0 fully saturated rings. The average Bonchev–Trinajstić information content (AvgIpc) is 2.60. The highest BCUT2D eigenvalue weighted by molar-refractivity contribution is 5.96. The maximum Gasteiger partial charge on any atom is 0.303 e. The molecule has 1 unspecified atom stereocenters. The molecule has 2 aromatic rings. The molecular formula is C18H20N2O4. The zero-order valence-electron chi connectivity index (χ0n) is 13.7. The molecule has 0 spiro atoms. The molecule has 0 saturated heterocycles. The van der Waals surface area contributed by atoms with Crippen molar-refractivity contribution in [1.29, 1.82) is 0 Å². The number of carbonyl (C=O) groups is 2. The molecular weight excluding hydrogens is 308 g/mol. The van der Waals surface area contributed by atoms with E-state index < -0.39 is 5.97 Å². The van der Waals surface area contributed by atoms with Gasteiger partial charge < -0.3 is 15.2 Å². The van der Waals surface area contributed by atoms with E-state index in [9.17, 15) is 9.59 Å². The van der Waals surface area contributed by atoms with E-state index in [0.29, 0.717) is 23.4 Å². The molecule has 0 bridgehead atoms. The molecule has 0 aliphatic rings. The second-order valence-corrected chi connectivity index (χ2v) is 5.44. The number of amides is 1. The highest BCUT2D eigenvalue weighted by Crippen LogP contribution is 2.29. The minimum atomic E-state index is -0.877. The van der Waals surface area contributed by atoms with Gasteiger partial charge in [0, 0.05) is 29.8 Å². The summed E-state index contributed by atoms with van der Waals surface area (Å²) in [7, 11) is 1.56. The van der Waals surface area contributed by atoms with Gasteiger partial charge in [0.05, 0.1) is 12.8 Å². The largest absolute Gasteiger partial charge is 0.496 e. The second-order valence-electron chi connectivity index (χ2n) is 5.44. The van der Waals surface area contributed by atoms with Crippen LogP contribution >= 0.6 is 0 Å². The first-order chi connectivity index (χ1) is 11.5. The predicted molar refractivity (Wildman–Crippen MR) is 90.0 cm³/mol. The molecule has 126 valence electrons. The summed E-state index contributed by atoms with van der Waals surface area (Å²) in [5, 5.41) is 11.5. The summed E-state index contributed by atoms with van der Waals surface area (Å²) < 4.78 is 5.34. The maximum atomic E-state index is 12.4. The van der Waals surface area contributed by atoms with Crippen molar-refractivity contribution in [3.63, 3.8) is 0 Å². The summed E-state index contributed by atoms with van der Waals surface area (Å²) in [5.41, 5.74) is 1.91. The summed E-state index contributed by atoms with van der Waals surface area (Å²) in [6.07, 6.45) is 2.07. The van der Waals surface area contributed by atoms with Gasteiger partial charge in [0.25, 0.3) is 5.91 Å². The van der Waals surface area contributed by atoms with Crippen molar-refractivity contribution >= 4 is 11.9 Å². The van der Waals surface area contributed by atoms with Crippen molar-refractivity contribution < 1.29 is 19.4 Å². The molecule has 2 rings (SSSR count). The molecule has 0 radical (unpaired) electrons. The van der Waals surface area contributed by atoms with Gasteiger partial charge in [-0.05, 0) is 43.7 Å². The Balaban J connectivity index is 2.19. The first-order valence-electron chi connectivity index (χ1n) is 7.63. The fourth-order valence-corrected chi connectivity index (χ4v) is 2.29. The molecule has 0 saturated carbocycles. The molecule has 1 atom stereocenters. The van der Waals surface area contributed by atoms with Gasteiger partial charge in [-0.3, -0.25) is 14.6 Å². The number of pyridine rings is 1. The summed E-state index contributed by atoms with van der Waals surface area (Å²) >= 11 is 0. The van der Waals surface area contributed by atoms with Crippen molar-refractivity contribution in [1.82, 2.24) is 10.3 Å². The first-order valence-corrected chi connectivity index (χ1v) is 7.63. The Kier molecular flexibility index (Phi) is 5.89. The Morgan fingerprint density at radius 1 is 1.29 bits per heavy atom. The number of aliphatic carboxylic acids is 1. The summed E-state index contributed by atoms with van der Waals surface area (Å²) in [4.78, 5) is 27.3. The monoisotopic (exact) mass is 328 g/mol. The number of aromatic nitrogens is 1. The third-order valence-corrected chi connectivity index (χ3v) is 3.57. The van der Waals surface area contributed by atoms with Gasteiger partial charge >= 0.3 is 5.97 Å². The first kappa shape index (κ1) is 17.5. The van der Waals surface area contributed by atoms with Crippen molar-refractivity contribution in [2.24, 2.45) is 0 Å². The number of carboxylic acids is 1. The van der Waals surface area contributed by atoms with Crippen LogP contribution in [0.1, 0.15) is 30.1 Å². The van der Waals surface area contributed by atoms with E-state index in [0.717, 1.165) is 5.56 Å². The number of hydrogen-bond donors (Lipinski definition) is 2. The number of nitrogens with one attached hydrogen (secondary N) is 1. The number of carboxylic acid groups (broad SMARTS) is 1. The van der Waals surface area contributed by atoms with Crippen LogP contribution in [0, 0.1) is 0 Å². The highest BCUT2D eigenvalue weighted by atomic mass is 16.5. The topological polar surface area (TPSA) is 88.5 Å². The van der Waals surface area contributed by atoms with E-state index >= 15 is 0 Å². The Morgan fingerprint density at radius 2 is 2.08 bits per heavy atom. The molecule has 2 N–H and O–H groups in total. The number of methoxy groups -OCH3 is 1. The second kappa shape index (κ2) is 8.10. The van der Waals surface area contributed by atoms with Crippen LogP contribution < -0.4 is 10.1 Å². The molecule has 1 aromatic heterocycles. The van der Waals surface area contributed by atoms with E-state index in [-0.39, 0.29) is 18.4 Å². The molecule has 1 amide bonds. The van der Waals surface area contributed by atoms with Gasteiger partial charge in [0.15, 0.2) is 0 Å². The Hall–Kier alpha value is -2.89. The molecule has 0 aliphatic carbocycles. The molecule has 6 nitrogen and oxygen atoms in total. The lowest BCUT2D eigenvalue weighted by Crippen LogP contribution is -2.32. The van der Waals surface area contributed by atoms with Crippen LogP contribution in [0.3, 0.4) is 0 Å². The number of carbonyl (C=O) groups excluding carboxylic acids is 1. The van der Waals surface area contributed by atoms with Crippen molar-refractivity contribution in [3.8, 4) is 17.0 Å². The average molecular weight is 328 g/mol. The zero-order chi connectivity index (χ0) is 17.5. The lowest BCUT2D eigenvalue weighted by Gasteiger charge is -2.14. The van der Waals surface area contributed by atoms with Crippen LogP contribution in [0.5, 0.6) is 5.75 Å². The normalized spacial score (nSPS) is 11.6. The van der Waals surface area contributed by atoms with Crippen LogP contribution in [-0.2, 0) is 4.79 Å². The van der Waals surface area contributed by atoms with Crippen LogP contribution in [0.4, 0.5) is 0 Å². The van der Waals surface area contributed by atoms with Crippen molar-refractivity contribution in [2.75, 3.05) is 7.11 Å². The maximum absolute atomic E-state index is 12.4. The quantitative estimate of drug-likeness (QED) is 0.816. The predicted octanol–water partition coefficient (Wildman–Crippen LogP) is 2.74. The molecule has 0 aliphatic heterocycles. The van der Waals surface area contributed by atoms with Gasteiger partial charge in [0.2, 0.25) is 0 Å². The van der Waals surface area contributed by atoms with Gasteiger partial charge in [-0.2, -0.15) is 0 Å². The van der Waals surface area contributed by atoms with Crippen molar-refractivity contribution in [3.05, 3.63) is 48.2 Å². The van der Waals surface area contributed by atoms with E-state index in [2.05, 4.69) is 10.3 Å². The number of hydrogen-bond acceptors (Lipinski definition) is 4. The van der Waals surface area contributed by atoms with Crippen molar-refractivity contribution in [2.45, 2.75) is 25.8 Å². The van der Waals surface area contributed by atoms with E-state index in [1.165, 1.54) is 0 Å². The highest BCUT2D eigenvalue weighted by Gasteiger charge is 2.14. The third kappa shape index (κ3) is 4.55. The van der Waals surface area contributed by atoms with Crippen LogP contribution in [0.15, 0.2) is 42.6 Å². The fraction of sp³-hybridized carbons (Fsp3) is 0.278. The van der Waals surface area contributed by atoms with E-state index in [4.69, 9.17) is 9.84 Å². The molecule has 24 heavy (non-hydrogen) atoms. The third-order valence-electron chi connectivity index (χ3n) is 3.57. The minimum Gasteiger partial charge on any atom is -0.496 e. The summed E-state index contributed by atoms with van der Waals surface area (Å²) in [6, 6.07) is 10.4. The van der Waals surface area contributed by atoms with Gasteiger partial charge in [0.1, 0.15) is 5.75 Å². The Labute approximate surface area is 140 Å². The SMILES string of the molecule is COc1ccc(C(=O)NC(C)CCC(=O)O)cc1-c1ccccn1. The fourth-order valence-electron chi connectivity index (χ4n) is 2.29. The van der Waals surface area contributed by atoms with Crippen LogP contribution in [0.25, 0.3) is 11.3 Å². The number of benzene rings is 1. The Morgan fingerprint density at radius 3 is 2.71 bits per heavy atom. The lowest BCUT2D eigenvalue weighted by atomic mass is 10.0. The summed E-state index contributed by atoms with van der Waals surface area (Å²) in [6.45, 7) is 1.78. The molecule has 1 aromatic carbocycles. The van der Waals surface area contributed by atoms with Crippen LogP contribution in [-0.4, -0.2) is 35.1 Å².